The number of rotatable bonds is 9. The summed E-state index contributed by atoms with van der Waals surface area (Å²) in [6, 6.07) is 1.31. The van der Waals surface area contributed by atoms with E-state index in [-0.39, 0.29) is 16.0 Å². The number of nitrogens with zero attached hydrogens (tertiary/aromatic N) is 1. The SMILES string of the molecule is CCCCCCC(C)NS(=O)(=O)c1cnc(NC)c(Cl)c1. The predicted octanol–water partition coefficient (Wildman–Crippen LogP) is 3.41. The van der Waals surface area contributed by atoms with Crippen LogP contribution < -0.4 is 10.0 Å². The van der Waals surface area contributed by atoms with E-state index in [0.717, 1.165) is 19.3 Å². The molecule has 1 heterocycles. The van der Waals surface area contributed by atoms with Crippen LogP contribution in [0, 0.1) is 0 Å². The number of pyridine rings is 1. The van der Waals surface area contributed by atoms with Gasteiger partial charge in [-0.05, 0) is 19.4 Å². The summed E-state index contributed by atoms with van der Waals surface area (Å²) in [5, 5.41) is 3.08. The monoisotopic (exact) mass is 333 g/mol. The molecule has 0 saturated heterocycles. The van der Waals surface area contributed by atoms with E-state index in [9.17, 15) is 8.42 Å². The summed E-state index contributed by atoms with van der Waals surface area (Å²) in [6.07, 6.45) is 6.65. The zero-order valence-electron chi connectivity index (χ0n) is 12.8. The van der Waals surface area contributed by atoms with Crippen molar-refractivity contribution in [3.05, 3.63) is 17.3 Å². The summed E-state index contributed by atoms with van der Waals surface area (Å²) < 4.78 is 27.2. The summed E-state index contributed by atoms with van der Waals surface area (Å²) in [5.41, 5.74) is 0. The third-order valence-corrected chi connectivity index (χ3v) is 5.05. The first-order valence-electron chi connectivity index (χ1n) is 7.26. The number of nitrogens with one attached hydrogen (secondary N) is 2. The second-order valence-corrected chi connectivity index (χ2v) is 7.24. The first-order valence-corrected chi connectivity index (χ1v) is 9.12. The normalized spacial score (nSPS) is 13.1. The number of hydrogen-bond acceptors (Lipinski definition) is 4. The maximum Gasteiger partial charge on any atom is 0.242 e. The van der Waals surface area contributed by atoms with Crippen molar-refractivity contribution >= 4 is 27.4 Å². The van der Waals surface area contributed by atoms with Crippen LogP contribution in [0.3, 0.4) is 0 Å². The minimum absolute atomic E-state index is 0.0897. The standard InChI is InChI=1S/C14H24ClN3O2S/c1-4-5-6-7-8-11(2)18-21(19,20)12-9-13(15)14(16-3)17-10-12/h9-11,18H,4-8H2,1-3H3,(H,16,17). The maximum atomic E-state index is 12.3. The van der Waals surface area contributed by atoms with Crippen molar-refractivity contribution < 1.29 is 8.42 Å². The van der Waals surface area contributed by atoms with Crippen LogP contribution in [0.2, 0.25) is 5.02 Å². The summed E-state index contributed by atoms with van der Waals surface area (Å²) in [4.78, 5) is 4.08. The molecular weight excluding hydrogens is 310 g/mol. The van der Waals surface area contributed by atoms with Gasteiger partial charge in [0.15, 0.2) is 0 Å². The molecule has 0 radical (unpaired) electrons. The Hall–Kier alpha value is -0.850. The predicted molar refractivity (Wildman–Crippen MR) is 87.3 cm³/mol. The topological polar surface area (TPSA) is 71.1 Å². The van der Waals surface area contributed by atoms with Gasteiger partial charge in [-0.2, -0.15) is 0 Å². The van der Waals surface area contributed by atoms with Crippen LogP contribution in [0.4, 0.5) is 5.82 Å². The van der Waals surface area contributed by atoms with Gasteiger partial charge in [-0.3, -0.25) is 0 Å². The van der Waals surface area contributed by atoms with Crippen molar-refractivity contribution in [2.75, 3.05) is 12.4 Å². The molecular formula is C14H24ClN3O2S. The van der Waals surface area contributed by atoms with Gasteiger partial charge in [0, 0.05) is 19.3 Å². The molecule has 0 aliphatic carbocycles. The van der Waals surface area contributed by atoms with Gasteiger partial charge >= 0.3 is 0 Å². The third-order valence-electron chi connectivity index (χ3n) is 3.21. The molecule has 1 atom stereocenters. The zero-order chi connectivity index (χ0) is 15.9. The number of unbranched alkanes of at least 4 members (excludes halogenated alkanes) is 3. The van der Waals surface area contributed by atoms with Crippen LogP contribution in [0.5, 0.6) is 0 Å². The van der Waals surface area contributed by atoms with Crippen molar-refractivity contribution in [2.45, 2.75) is 56.9 Å². The Labute approximate surface area is 132 Å². The van der Waals surface area contributed by atoms with Crippen LogP contribution >= 0.6 is 11.6 Å². The second-order valence-electron chi connectivity index (χ2n) is 5.12. The van der Waals surface area contributed by atoms with Crippen LogP contribution in [-0.2, 0) is 10.0 Å². The zero-order valence-corrected chi connectivity index (χ0v) is 14.4. The summed E-state index contributed by atoms with van der Waals surface area (Å²) in [7, 11) is -1.89. The molecule has 21 heavy (non-hydrogen) atoms. The molecule has 7 heteroatoms. The van der Waals surface area contributed by atoms with E-state index in [1.54, 1.807) is 7.05 Å². The second kappa shape index (κ2) is 8.56. The first-order chi connectivity index (χ1) is 9.90. The van der Waals surface area contributed by atoms with Gasteiger partial charge in [-0.1, -0.05) is 44.2 Å². The molecule has 2 N–H and O–H groups in total. The lowest BCUT2D eigenvalue weighted by Gasteiger charge is -2.14. The highest BCUT2D eigenvalue weighted by atomic mass is 35.5. The van der Waals surface area contributed by atoms with Crippen LogP contribution in [0.15, 0.2) is 17.2 Å². The van der Waals surface area contributed by atoms with Gasteiger partial charge in [0.05, 0.1) is 5.02 Å². The lowest BCUT2D eigenvalue weighted by atomic mass is 10.1. The van der Waals surface area contributed by atoms with Crippen molar-refractivity contribution in [1.29, 1.82) is 0 Å². The summed E-state index contributed by atoms with van der Waals surface area (Å²) >= 11 is 5.97. The van der Waals surface area contributed by atoms with Crippen molar-refractivity contribution in [3.8, 4) is 0 Å². The van der Waals surface area contributed by atoms with Gasteiger partial charge in [-0.15, -0.1) is 0 Å². The minimum atomic E-state index is -3.57. The van der Waals surface area contributed by atoms with Gasteiger partial charge in [-0.25, -0.2) is 18.1 Å². The molecule has 0 spiro atoms. The number of sulfonamides is 1. The van der Waals surface area contributed by atoms with Gasteiger partial charge in [0.1, 0.15) is 10.7 Å². The Morgan fingerprint density at radius 3 is 2.62 bits per heavy atom. The summed E-state index contributed by atoms with van der Waals surface area (Å²) in [5.74, 6) is 0.461. The van der Waals surface area contributed by atoms with Gasteiger partial charge < -0.3 is 5.32 Å². The smallest absolute Gasteiger partial charge is 0.242 e. The molecule has 1 unspecified atom stereocenters. The van der Waals surface area contributed by atoms with E-state index in [1.807, 2.05) is 6.92 Å². The molecule has 0 amide bonds. The van der Waals surface area contributed by atoms with E-state index in [4.69, 9.17) is 11.6 Å². The molecule has 120 valence electrons. The quantitative estimate of drug-likeness (QED) is 0.679. The first kappa shape index (κ1) is 18.2. The van der Waals surface area contributed by atoms with Crippen molar-refractivity contribution in [1.82, 2.24) is 9.71 Å². The molecule has 0 fully saturated rings. The molecule has 0 aliphatic heterocycles. The highest BCUT2D eigenvalue weighted by Gasteiger charge is 2.19. The molecule has 1 rings (SSSR count). The van der Waals surface area contributed by atoms with Crippen LogP contribution in [0.1, 0.15) is 46.0 Å². The fourth-order valence-corrected chi connectivity index (χ4v) is 3.59. The lowest BCUT2D eigenvalue weighted by molar-refractivity contribution is 0.522. The number of hydrogen-bond donors (Lipinski definition) is 2. The van der Waals surface area contributed by atoms with Crippen molar-refractivity contribution in [2.24, 2.45) is 0 Å². The Balaban J connectivity index is 2.66. The lowest BCUT2D eigenvalue weighted by Crippen LogP contribution is -2.32. The number of aromatic nitrogens is 1. The summed E-state index contributed by atoms with van der Waals surface area (Å²) in [6.45, 7) is 4.03. The highest BCUT2D eigenvalue weighted by molar-refractivity contribution is 7.89. The van der Waals surface area contributed by atoms with E-state index in [1.165, 1.54) is 25.1 Å². The molecule has 0 aromatic carbocycles. The van der Waals surface area contributed by atoms with Gasteiger partial charge in [0.2, 0.25) is 10.0 Å². The number of halogens is 1. The molecule has 0 bridgehead atoms. The van der Waals surface area contributed by atoms with Crippen LogP contribution in [-0.4, -0.2) is 26.5 Å². The third kappa shape index (κ3) is 5.80. The van der Waals surface area contributed by atoms with Gasteiger partial charge in [0.25, 0.3) is 0 Å². The number of anilines is 1. The molecule has 0 saturated carbocycles. The fraction of sp³-hybridized carbons (Fsp3) is 0.643. The van der Waals surface area contributed by atoms with E-state index in [2.05, 4.69) is 21.9 Å². The Bertz CT molecular complexity index is 549. The average Bonchev–Trinajstić information content (AvgIpc) is 2.43. The molecule has 5 nitrogen and oxygen atoms in total. The van der Waals surface area contributed by atoms with Crippen LogP contribution in [0.25, 0.3) is 0 Å². The Morgan fingerprint density at radius 2 is 2.05 bits per heavy atom. The Morgan fingerprint density at radius 1 is 1.33 bits per heavy atom. The largest absolute Gasteiger partial charge is 0.372 e. The molecule has 1 aromatic heterocycles. The minimum Gasteiger partial charge on any atom is -0.372 e. The van der Waals surface area contributed by atoms with E-state index in [0.29, 0.717) is 5.82 Å². The fourth-order valence-electron chi connectivity index (χ4n) is 2.02. The Kier molecular flexibility index (Phi) is 7.42. The van der Waals surface area contributed by atoms with Crippen molar-refractivity contribution in [3.63, 3.8) is 0 Å². The average molecular weight is 334 g/mol. The maximum absolute atomic E-state index is 12.3. The van der Waals surface area contributed by atoms with E-state index < -0.39 is 10.0 Å². The molecule has 1 aromatic rings. The highest BCUT2D eigenvalue weighted by Crippen LogP contribution is 2.22. The van der Waals surface area contributed by atoms with E-state index >= 15 is 0 Å². The molecule has 0 aliphatic rings.